The van der Waals surface area contributed by atoms with E-state index in [1.807, 2.05) is 42.5 Å². The van der Waals surface area contributed by atoms with Gasteiger partial charge in [0.15, 0.2) is 0 Å². The van der Waals surface area contributed by atoms with E-state index in [2.05, 4.69) is 42.0 Å². The molecule has 3 heteroatoms. The van der Waals surface area contributed by atoms with Crippen molar-refractivity contribution in [3.63, 3.8) is 0 Å². The Balaban J connectivity index is 2.14. The molecule has 0 amide bonds. The van der Waals surface area contributed by atoms with Crippen molar-refractivity contribution in [1.82, 2.24) is 0 Å². The van der Waals surface area contributed by atoms with Gasteiger partial charge in [0, 0.05) is 0 Å². The molecule has 0 aliphatic carbocycles. The minimum absolute atomic E-state index is 0.881. The van der Waals surface area contributed by atoms with Gasteiger partial charge in [-0.1, -0.05) is 55.2 Å². The first-order valence-corrected chi connectivity index (χ1v) is 9.63. The SMILES string of the molecule is C[Si](C)(C)c1ccc(/N=N/c2ccccc2)cc1. The summed E-state index contributed by atoms with van der Waals surface area (Å²) in [4.78, 5) is 0. The largest absolute Gasteiger partial charge is 0.151 e. The maximum absolute atomic E-state index is 4.24. The summed E-state index contributed by atoms with van der Waals surface area (Å²) >= 11 is 0. The van der Waals surface area contributed by atoms with Crippen LogP contribution in [0.1, 0.15) is 0 Å². The van der Waals surface area contributed by atoms with Crippen molar-refractivity contribution in [3.8, 4) is 0 Å². The van der Waals surface area contributed by atoms with Gasteiger partial charge in [-0.2, -0.15) is 10.2 Å². The van der Waals surface area contributed by atoms with Crippen LogP contribution in [0, 0.1) is 0 Å². The zero-order valence-corrected chi connectivity index (χ0v) is 12.1. The highest BCUT2D eigenvalue weighted by atomic mass is 28.3. The summed E-state index contributed by atoms with van der Waals surface area (Å²) in [6.45, 7) is 7.02. The number of rotatable bonds is 3. The molecule has 0 unspecified atom stereocenters. The highest BCUT2D eigenvalue weighted by molar-refractivity contribution is 6.88. The molecule has 0 saturated carbocycles. The van der Waals surface area contributed by atoms with E-state index in [9.17, 15) is 0 Å². The van der Waals surface area contributed by atoms with Gasteiger partial charge in [-0.05, 0) is 24.3 Å². The van der Waals surface area contributed by atoms with E-state index >= 15 is 0 Å². The molecule has 0 fully saturated rings. The summed E-state index contributed by atoms with van der Waals surface area (Å²) in [6.07, 6.45) is 0. The van der Waals surface area contributed by atoms with Gasteiger partial charge in [0.25, 0.3) is 0 Å². The molecule has 0 heterocycles. The monoisotopic (exact) mass is 254 g/mol. The van der Waals surface area contributed by atoms with Crippen molar-refractivity contribution in [1.29, 1.82) is 0 Å². The van der Waals surface area contributed by atoms with Gasteiger partial charge in [-0.3, -0.25) is 0 Å². The van der Waals surface area contributed by atoms with Crippen LogP contribution in [0.2, 0.25) is 19.6 Å². The van der Waals surface area contributed by atoms with Crippen LogP contribution in [-0.2, 0) is 0 Å². The fourth-order valence-corrected chi connectivity index (χ4v) is 2.80. The number of hydrogen-bond acceptors (Lipinski definition) is 2. The first-order valence-electron chi connectivity index (χ1n) is 6.13. The van der Waals surface area contributed by atoms with Gasteiger partial charge in [-0.25, -0.2) is 0 Å². The lowest BCUT2D eigenvalue weighted by molar-refractivity contribution is 1.23. The summed E-state index contributed by atoms with van der Waals surface area (Å²) < 4.78 is 0. The third-order valence-electron chi connectivity index (χ3n) is 2.77. The molecule has 0 radical (unpaired) electrons. The van der Waals surface area contributed by atoms with Gasteiger partial charge in [0.1, 0.15) is 0 Å². The van der Waals surface area contributed by atoms with Crippen LogP contribution in [0.25, 0.3) is 0 Å². The Labute approximate surface area is 109 Å². The lowest BCUT2D eigenvalue weighted by atomic mass is 10.3. The third kappa shape index (κ3) is 3.37. The van der Waals surface area contributed by atoms with Crippen LogP contribution < -0.4 is 5.19 Å². The second kappa shape index (κ2) is 5.27. The summed E-state index contributed by atoms with van der Waals surface area (Å²) in [5.41, 5.74) is 1.78. The maximum Gasteiger partial charge on any atom is 0.0857 e. The number of hydrogen-bond donors (Lipinski definition) is 0. The molecule has 0 aliphatic heterocycles. The molecule has 2 nitrogen and oxygen atoms in total. The number of azo groups is 1. The van der Waals surface area contributed by atoms with Crippen molar-refractivity contribution in [3.05, 3.63) is 54.6 Å². The average molecular weight is 254 g/mol. The van der Waals surface area contributed by atoms with Crippen LogP contribution in [-0.4, -0.2) is 8.07 Å². The van der Waals surface area contributed by atoms with Gasteiger partial charge >= 0.3 is 0 Å². The van der Waals surface area contributed by atoms with Gasteiger partial charge < -0.3 is 0 Å². The Kier molecular flexibility index (Phi) is 3.72. The third-order valence-corrected chi connectivity index (χ3v) is 4.84. The second-order valence-corrected chi connectivity index (χ2v) is 10.4. The lowest BCUT2D eigenvalue weighted by Gasteiger charge is -2.15. The highest BCUT2D eigenvalue weighted by Gasteiger charge is 2.15. The Morgan fingerprint density at radius 1 is 0.667 bits per heavy atom. The lowest BCUT2D eigenvalue weighted by Crippen LogP contribution is -2.37. The van der Waals surface area contributed by atoms with Gasteiger partial charge in [0.05, 0.1) is 19.4 Å². The minimum atomic E-state index is -1.22. The van der Waals surface area contributed by atoms with Crippen LogP contribution in [0.3, 0.4) is 0 Å². The van der Waals surface area contributed by atoms with E-state index in [4.69, 9.17) is 0 Å². The van der Waals surface area contributed by atoms with Crippen LogP contribution in [0.4, 0.5) is 11.4 Å². The van der Waals surface area contributed by atoms with Crippen molar-refractivity contribution in [2.24, 2.45) is 10.2 Å². The molecule has 0 bridgehead atoms. The van der Waals surface area contributed by atoms with Crippen molar-refractivity contribution in [2.45, 2.75) is 19.6 Å². The van der Waals surface area contributed by atoms with Gasteiger partial charge in [0.2, 0.25) is 0 Å². The van der Waals surface area contributed by atoms with Gasteiger partial charge in [-0.15, -0.1) is 0 Å². The Morgan fingerprint density at radius 3 is 1.67 bits per heavy atom. The molecular formula is C15H18N2Si. The molecule has 18 heavy (non-hydrogen) atoms. The molecule has 0 N–H and O–H groups in total. The molecular weight excluding hydrogens is 236 g/mol. The molecule has 0 aliphatic rings. The van der Waals surface area contributed by atoms with Crippen molar-refractivity contribution >= 4 is 24.6 Å². The molecule has 92 valence electrons. The molecule has 2 rings (SSSR count). The standard InChI is InChI=1S/C15H18N2Si/c1-18(2,3)15-11-9-14(10-12-15)17-16-13-7-5-4-6-8-13/h4-12H,1-3H3/b17-16+. The molecule has 0 saturated heterocycles. The van der Waals surface area contributed by atoms with Crippen LogP contribution >= 0.6 is 0 Å². The second-order valence-electron chi connectivity index (χ2n) is 5.33. The molecule has 0 aromatic heterocycles. The van der Waals surface area contributed by atoms with Crippen molar-refractivity contribution < 1.29 is 0 Å². The summed E-state index contributed by atoms with van der Waals surface area (Å²) in [7, 11) is -1.22. The smallest absolute Gasteiger partial charge is 0.0857 e. The molecule has 0 spiro atoms. The highest BCUT2D eigenvalue weighted by Crippen LogP contribution is 2.17. The molecule has 0 atom stereocenters. The van der Waals surface area contributed by atoms with Crippen molar-refractivity contribution in [2.75, 3.05) is 0 Å². The first kappa shape index (κ1) is 12.7. The van der Waals surface area contributed by atoms with E-state index in [0.29, 0.717) is 0 Å². The predicted octanol–water partition coefficient (Wildman–Crippen LogP) is 4.65. The average Bonchev–Trinajstić information content (AvgIpc) is 2.37. The van der Waals surface area contributed by atoms with E-state index in [1.54, 1.807) is 0 Å². The maximum atomic E-state index is 4.24. The minimum Gasteiger partial charge on any atom is -0.151 e. The Morgan fingerprint density at radius 2 is 1.17 bits per heavy atom. The Bertz CT molecular complexity index is 525. The summed E-state index contributed by atoms with van der Waals surface area (Å²) in [5.74, 6) is 0. The van der Waals surface area contributed by atoms with E-state index in [0.717, 1.165) is 11.4 Å². The van der Waals surface area contributed by atoms with E-state index in [-0.39, 0.29) is 0 Å². The predicted molar refractivity (Wildman–Crippen MR) is 80.0 cm³/mol. The summed E-state index contributed by atoms with van der Waals surface area (Å²) in [5, 5.41) is 9.89. The molecule has 2 aromatic carbocycles. The first-order chi connectivity index (χ1) is 8.55. The van der Waals surface area contributed by atoms with E-state index < -0.39 is 8.07 Å². The normalized spacial score (nSPS) is 11.9. The molecule has 2 aromatic rings. The van der Waals surface area contributed by atoms with Crippen LogP contribution in [0.15, 0.2) is 64.8 Å². The fraction of sp³-hybridized carbons (Fsp3) is 0.200. The summed E-state index contributed by atoms with van der Waals surface area (Å²) in [6, 6.07) is 18.2. The zero-order chi connectivity index (χ0) is 13.0. The zero-order valence-electron chi connectivity index (χ0n) is 11.1. The van der Waals surface area contributed by atoms with Crippen LogP contribution in [0.5, 0.6) is 0 Å². The number of nitrogens with zero attached hydrogens (tertiary/aromatic N) is 2. The fourth-order valence-electron chi connectivity index (χ4n) is 1.64. The Hall–Kier alpha value is -1.74. The quantitative estimate of drug-likeness (QED) is 0.563. The topological polar surface area (TPSA) is 24.7 Å². The number of benzene rings is 2. The van der Waals surface area contributed by atoms with E-state index in [1.165, 1.54) is 5.19 Å².